The van der Waals surface area contributed by atoms with E-state index in [1.54, 1.807) is 0 Å². The molecule has 0 saturated heterocycles. The average molecular weight is 283 g/mol. The van der Waals surface area contributed by atoms with Gasteiger partial charge in [-0.1, -0.05) is 17.7 Å². The van der Waals surface area contributed by atoms with E-state index in [1.165, 1.54) is 24.3 Å². The second kappa shape index (κ2) is 5.24. The van der Waals surface area contributed by atoms with Gasteiger partial charge in [0, 0.05) is 5.56 Å². The van der Waals surface area contributed by atoms with Gasteiger partial charge in [-0.15, -0.1) is 0 Å². The lowest BCUT2D eigenvalue weighted by atomic mass is 10.2. The Labute approximate surface area is 113 Å². The number of halogens is 3. The highest BCUT2D eigenvalue weighted by Gasteiger charge is 2.13. The maximum absolute atomic E-state index is 13.4. The number of nitrogen functional groups attached to an aromatic ring is 1. The molecule has 0 spiro atoms. The smallest absolute Gasteiger partial charge is 0.255 e. The first kappa shape index (κ1) is 13.3. The maximum atomic E-state index is 13.4. The van der Waals surface area contributed by atoms with Gasteiger partial charge in [-0.3, -0.25) is 4.79 Å². The van der Waals surface area contributed by atoms with Crippen molar-refractivity contribution in [1.29, 1.82) is 0 Å². The molecule has 2 rings (SSSR count). The minimum Gasteiger partial charge on any atom is -0.398 e. The standard InChI is InChI=1S/C13H9ClF2N2O/c14-8-5-4-7(6-11(8)17)13(19)18-12-9(15)2-1-3-10(12)16/h1-6H,17H2,(H,18,19). The average Bonchev–Trinajstić information content (AvgIpc) is 2.37. The summed E-state index contributed by atoms with van der Waals surface area (Å²) >= 11 is 5.72. The van der Waals surface area contributed by atoms with Crippen molar-refractivity contribution < 1.29 is 13.6 Å². The number of hydrogen-bond donors (Lipinski definition) is 2. The summed E-state index contributed by atoms with van der Waals surface area (Å²) in [5, 5.41) is 2.45. The zero-order valence-corrected chi connectivity index (χ0v) is 10.3. The molecule has 0 atom stereocenters. The van der Waals surface area contributed by atoms with E-state index < -0.39 is 23.2 Å². The van der Waals surface area contributed by atoms with Gasteiger partial charge in [0.05, 0.1) is 10.7 Å². The van der Waals surface area contributed by atoms with Crippen molar-refractivity contribution in [3.05, 3.63) is 58.6 Å². The Morgan fingerprint density at radius 1 is 1.16 bits per heavy atom. The molecule has 19 heavy (non-hydrogen) atoms. The first-order chi connectivity index (χ1) is 8.99. The quantitative estimate of drug-likeness (QED) is 0.829. The van der Waals surface area contributed by atoms with Crippen LogP contribution in [0.3, 0.4) is 0 Å². The summed E-state index contributed by atoms with van der Waals surface area (Å²) in [5.74, 6) is -2.38. The van der Waals surface area contributed by atoms with Gasteiger partial charge in [0.2, 0.25) is 0 Å². The fourth-order valence-electron chi connectivity index (χ4n) is 1.49. The van der Waals surface area contributed by atoms with Crippen LogP contribution >= 0.6 is 11.6 Å². The van der Waals surface area contributed by atoms with Crippen LogP contribution in [-0.2, 0) is 0 Å². The number of rotatable bonds is 2. The highest BCUT2D eigenvalue weighted by molar-refractivity contribution is 6.33. The van der Waals surface area contributed by atoms with E-state index in [-0.39, 0.29) is 11.3 Å². The van der Waals surface area contributed by atoms with Gasteiger partial charge < -0.3 is 11.1 Å². The Morgan fingerprint density at radius 3 is 2.37 bits per heavy atom. The molecule has 0 radical (unpaired) electrons. The molecule has 0 aliphatic carbocycles. The molecule has 2 aromatic carbocycles. The summed E-state index contributed by atoms with van der Waals surface area (Å²) in [6.07, 6.45) is 0. The van der Waals surface area contributed by atoms with Crippen LogP contribution in [0.15, 0.2) is 36.4 Å². The van der Waals surface area contributed by atoms with Crippen molar-refractivity contribution in [2.24, 2.45) is 0 Å². The maximum Gasteiger partial charge on any atom is 0.255 e. The summed E-state index contributed by atoms with van der Waals surface area (Å²) in [4.78, 5) is 11.8. The van der Waals surface area contributed by atoms with Crippen molar-refractivity contribution in [3.63, 3.8) is 0 Å². The van der Waals surface area contributed by atoms with Gasteiger partial charge in [0.25, 0.3) is 5.91 Å². The number of para-hydroxylation sites is 1. The van der Waals surface area contributed by atoms with Crippen molar-refractivity contribution in [3.8, 4) is 0 Å². The number of carbonyl (C=O) groups excluding carboxylic acids is 1. The molecule has 0 heterocycles. The molecule has 0 fully saturated rings. The zero-order chi connectivity index (χ0) is 14.0. The monoisotopic (exact) mass is 282 g/mol. The third-order valence-corrected chi connectivity index (χ3v) is 2.80. The van der Waals surface area contributed by atoms with Crippen LogP contribution in [0, 0.1) is 11.6 Å². The summed E-state index contributed by atoms with van der Waals surface area (Å²) in [5.41, 5.74) is 5.42. The topological polar surface area (TPSA) is 55.1 Å². The summed E-state index contributed by atoms with van der Waals surface area (Å²) in [6, 6.07) is 7.48. The molecule has 0 saturated carbocycles. The summed E-state index contributed by atoms with van der Waals surface area (Å²) in [6.45, 7) is 0. The fraction of sp³-hybridized carbons (Fsp3) is 0. The minimum absolute atomic E-state index is 0.157. The van der Waals surface area contributed by atoms with Crippen LogP contribution in [0.25, 0.3) is 0 Å². The Hall–Kier alpha value is -2.14. The Balaban J connectivity index is 2.28. The number of anilines is 2. The molecule has 3 nitrogen and oxygen atoms in total. The van der Waals surface area contributed by atoms with Crippen molar-refractivity contribution in [2.75, 3.05) is 11.1 Å². The van der Waals surface area contributed by atoms with Gasteiger partial charge in [0.1, 0.15) is 17.3 Å². The van der Waals surface area contributed by atoms with Crippen LogP contribution in [0.4, 0.5) is 20.2 Å². The molecule has 0 aliphatic heterocycles. The van der Waals surface area contributed by atoms with Gasteiger partial charge in [0.15, 0.2) is 0 Å². The first-order valence-electron chi connectivity index (χ1n) is 5.29. The van der Waals surface area contributed by atoms with Crippen LogP contribution in [-0.4, -0.2) is 5.91 Å². The zero-order valence-electron chi connectivity index (χ0n) is 9.58. The molecular formula is C13H9ClF2N2O. The van der Waals surface area contributed by atoms with E-state index in [2.05, 4.69) is 5.32 Å². The first-order valence-corrected chi connectivity index (χ1v) is 5.67. The van der Waals surface area contributed by atoms with Crippen molar-refractivity contribution >= 4 is 28.9 Å². The molecular weight excluding hydrogens is 274 g/mol. The highest BCUT2D eigenvalue weighted by atomic mass is 35.5. The molecule has 0 unspecified atom stereocenters. The van der Waals surface area contributed by atoms with E-state index >= 15 is 0 Å². The van der Waals surface area contributed by atoms with Gasteiger partial charge in [-0.25, -0.2) is 8.78 Å². The Bertz CT molecular complexity index is 626. The molecule has 98 valence electrons. The molecule has 0 aromatic heterocycles. The second-order valence-corrected chi connectivity index (χ2v) is 4.19. The molecule has 1 amide bonds. The fourth-order valence-corrected chi connectivity index (χ4v) is 1.61. The number of carbonyl (C=O) groups is 1. The molecule has 0 aliphatic rings. The van der Waals surface area contributed by atoms with Crippen LogP contribution in [0.2, 0.25) is 5.02 Å². The van der Waals surface area contributed by atoms with E-state index in [9.17, 15) is 13.6 Å². The SMILES string of the molecule is Nc1cc(C(=O)Nc2c(F)cccc2F)ccc1Cl. The lowest BCUT2D eigenvalue weighted by Crippen LogP contribution is -2.14. The number of nitrogens with two attached hydrogens (primary N) is 1. The van der Waals surface area contributed by atoms with Gasteiger partial charge in [-0.2, -0.15) is 0 Å². The summed E-state index contributed by atoms with van der Waals surface area (Å²) < 4.78 is 26.7. The normalized spacial score (nSPS) is 10.3. The van der Waals surface area contributed by atoms with E-state index in [4.69, 9.17) is 17.3 Å². The second-order valence-electron chi connectivity index (χ2n) is 3.79. The Morgan fingerprint density at radius 2 is 1.79 bits per heavy atom. The van der Waals surface area contributed by atoms with Crippen LogP contribution in [0.5, 0.6) is 0 Å². The number of hydrogen-bond acceptors (Lipinski definition) is 2. The Kier molecular flexibility index (Phi) is 3.66. The number of nitrogens with one attached hydrogen (secondary N) is 1. The van der Waals surface area contributed by atoms with Crippen molar-refractivity contribution in [2.45, 2.75) is 0 Å². The van der Waals surface area contributed by atoms with E-state index in [0.717, 1.165) is 12.1 Å². The van der Waals surface area contributed by atoms with Gasteiger partial charge >= 0.3 is 0 Å². The molecule has 3 N–H and O–H groups in total. The van der Waals surface area contributed by atoms with E-state index in [0.29, 0.717) is 5.02 Å². The number of amides is 1. The lowest BCUT2D eigenvalue weighted by molar-refractivity contribution is 0.102. The predicted molar refractivity (Wildman–Crippen MR) is 70.2 cm³/mol. The third kappa shape index (κ3) is 2.82. The van der Waals surface area contributed by atoms with Crippen LogP contribution < -0.4 is 11.1 Å². The highest BCUT2D eigenvalue weighted by Crippen LogP contribution is 2.22. The minimum atomic E-state index is -0.852. The van der Waals surface area contributed by atoms with E-state index in [1.807, 2.05) is 0 Å². The van der Waals surface area contributed by atoms with Crippen LogP contribution in [0.1, 0.15) is 10.4 Å². The predicted octanol–water partition coefficient (Wildman–Crippen LogP) is 3.45. The summed E-state index contributed by atoms with van der Waals surface area (Å²) in [7, 11) is 0. The lowest BCUT2D eigenvalue weighted by Gasteiger charge is -2.08. The van der Waals surface area contributed by atoms with Crippen molar-refractivity contribution in [1.82, 2.24) is 0 Å². The number of benzene rings is 2. The largest absolute Gasteiger partial charge is 0.398 e. The van der Waals surface area contributed by atoms with Gasteiger partial charge in [-0.05, 0) is 30.3 Å². The molecule has 2 aromatic rings. The molecule has 6 heteroatoms. The molecule has 0 bridgehead atoms. The third-order valence-electron chi connectivity index (χ3n) is 2.46.